The van der Waals surface area contributed by atoms with Crippen molar-refractivity contribution in [2.24, 2.45) is 0 Å². The molecule has 0 bridgehead atoms. The van der Waals surface area contributed by atoms with E-state index in [1.807, 2.05) is 37.3 Å². The van der Waals surface area contributed by atoms with Gasteiger partial charge in [0, 0.05) is 23.6 Å². The van der Waals surface area contributed by atoms with Crippen LogP contribution in [0.15, 0.2) is 57.9 Å². The van der Waals surface area contributed by atoms with E-state index in [1.165, 1.54) is 12.1 Å². The van der Waals surface area contributed by atoms with Gasteiger partial charge < -0.3 is 4.52 Å². The summed E-state index contributed by atoms with van der Waals surface area (Å²) in [5.74, 6) is 0.840. The Kier molecular flexibility index (Phi) is 5.17. The molecule has 0 atom stereocenters. The maximum Gasteiger partial charge on any atom is 0.240 e. The topological polar surface area (TPSA) is 85.1 Å². The highest BCUT2D eigenvalue weighted by Gasteiger charge is 2.15. The Labute approximate surface area is 150 Å². The van der Waals surface area contributed by atoms with Gasteiger partial charge in [-0.1, -0.05) is 53.2 Å². The first-order valence-corrected chi connectivity index (χ1v) is 9.46. The third kappa shape index (κ3) is 4.25. The van der Waals surface area contributed by atoms with Crippen LogP contribution in [0.1, 0.15) is 11.5 Å². The van der Waals surface area contributed by atoms with E-state index >= 15 is 0 Å². The second-order valence-electron chi connectivity index (χ2n) is 5.44. The standard InChI is InChI=1S/C17H16ClN3O3S/c1-12-7-8-14(11-15(12)18)25(22,23)19-10-9-16-20-17(21-24-16)13-5-3-2-4-6-13/h2-8,11,19H,9-10H2,1H3. The van der Waals surface area contributed by atoms with Gasteiger partial charge in [0.1, 0.15) is 0 Å². The number of aromatic nitrogens is 2. The van der Waals surface area contributed by atoms with Crippen LogP contribution in [0.4, 0.5) is 0 Å². The molecule has 0 unspecified atom stereocenters. The highest BCUT2D eigenvalue weighted by molar-refractivity contribution is 7.89. The Morgan fingerprint density at radius 3 is 2.64 bits per heavy atom. The fraction of sp³-hybridized carbons (Fsp3) is 0.176. The number of hydrogen-bond acceptors (Lipinski definition) is 5. The predicted octanol–water partition coefficient (Wildman–Crippen LogP) is 3.22. The molecular formula is C17H16ClN3O3S. The minimum Gasteiger partial charge on any atom is -0.339 e. The van der Waals surface area contributed by atoms with Crippen LogP contribution in [0.25, 0.3) is 11.4 Å². The average molecular weight is 378 g/mol. The lowest BCUT2D eigenvalue weighted by atomic mass is 10.2. The van der Waals surface area contributed by atoms with Crippen LogP contribution in [-0.4, -0.2) is 25.1 Å². The van der Waals surface area contributed by atoms with Crippen molar-refractivity contribution < 1.29 is 12.9 Å². The van der Waals surface area contributed by atoms with Crippen LogP contribution in [0, 0.1) is 6.92 Å². The van der Waals surface area contributed by atoms with Gasteiger partial charge in [-0.2, -0.15) is 4.98 Å². The first-order chi connectivity index (χ1) is 12.0. The Morgan fingerprint density at radius 1 is 1.16 bits per heavy atom. The molecule has 0 radical (unpaired) electrons. The van der Waals surface area contributed by atoms with Crippen LogP contribution in [0.5, 0.6) is 0 Å². The van der Waals surface area contributed by atoms with Gasteiger partial charge in [0.05, 0.1) is 4.90 Å². The minimum atomic E-state index is -3.64. The summed E-state index contributed by atoms with van der Waals surface area (Å²) in [5.41, 5.74) is 1.66. The van der Waals surface area contributed by atoms with Gasteiger partial charge in [-0.3, -0.25) is 0 Å². The lowest BCUT2D eigenvalue weighted by Gasteiger charge is -2.07. The summed E-state index contributed by atoms with van der Waals surface area (Å²) in [4.78, 5) is 4.39. The zero-order valence-electron chi connectivity index (χ0n) is 13.4. The van der Waals surface area contributed by atoms with E-state index in [2.05, 4.69) is 14.9 Å². The maximum atomic E-state index is 12.3. The third-order valence-corrected chi connectivity index (χ3v) is 5.45. The summed E-state index contributed by atoms with van der Waals surface area (Å²) in [6, 6.07) is 14.0. The first kappa shape index (κ1) is 17.6. The van der Waals surface area contributed by atoms with Crippen molar-refractivity contribution in [3.05, 3.63) is 65.0 Å². The molecule has 0 aliphatic carbocycles. The number of benzene rings is 2. The highest BCUT2D eigenvalue weighted by atomic mass is 35.5. The Bertz CT molecular complexity index is 972. The summed E-state index contributed by atoms with van der Waals surface area (Å²) in [5, 5.41) is 4.31. The van der Waals surface area contributed by atoms with Gasteiger partial charge in [0.25, 0.3) is 0 Å². The number of nitrogens with zero attached hydrogens (tertiary/aromatic N) is 2. The number of aryl methyl sites for hydroxylation is 1. The van der Waals surface area contributed by atoms with Crippen LogP contribution >= 0.6 is 11.6 Å². The summed E-state index contributed by atoms with van der Waals surface area (Å²) in [7, 11) is -3.64. The summed E-state index contributed by atoms with van der Waals surface area (Å²) in [6.07, 6.45) is 0.290. The van der Waals surface area contributed by atoms with Crippen LogP contribution in [0.3, 0.4) is 0 Å². The van der Waals surface area contributed by atoms with E-state index < -0.39 is 10.0 Å². The molecule has 3 rings (SSSR count). The molecule has 1 heterocycles. The summed E-state index contributed by atoms with van der Waals surface area (Å²) in [6.45, 7) is 1.95. The first-order valence-electron chi connectivity index (χ1n) is 7.59. The molecule has 0 saturated heterocycles. The quantitative estimate of drug-likeness (QED) is 0.712. The normalized spacial score (nSPS) is 11.6. The van der Waals surface area contributed by atoms with Crippen molar-refractivity contribution in [2.45, 2.75) is 18.2 Å². The summed E-state index contributed by atoms with van der Waals surface area (Å²) < 4.78 is 32.2. The van der Waals surface area contributed by atoms with Gasteiger partial charge >= 0.3 is 0 Å². The van der Waals surface area contributed by atoms with Crippen molar-refractivity contribution in [1.29, 1.82) is 0 Å². The van der Waals surface area contributed by atoms with Crippen molar-refractivity contribution in [2.75, 3.05) is 6.54 Å². The van der Waals surface area contributed by atoms with Gasteiger partial charge in [-0.05, 0) is 24.6 Å². The molecule has 0 aliphatic heterocycles. The molecule has 2 aromatic carbocycles. The number of sulfonamides is 1. The van der Waals surface area contributed by atoms with Crippen LogP contribution in [-0.2, 0) is 16.4 Å². The van der Waals surface area contributed by atoms with Crippen LogP contribution < -0.4 is 4.72 Å². The molecule has 0 saturated carbocycles. The summed E-state index contributed by atoms with van der Waals surface area (Å²) >= 11 is 5.99. The SMILES string of the molecule is Cc1ccc(S(=O)(=O)NCCc2nc(-c3ccccc3)no2)cc1Cl. The Hall–Kier alpha value is -2.22. The van der Waals surface area contributed by atoms with E-state index in [1.54, 1.807) is 6.07 Å². The molecule has 0 spiro atoms. The molecule has 0 aliphatic rings. The highest BCUT2D eigenvalue weighted by Crippen LogP contribution is 2.20. The fourth-order valence-corrected chi connectivity index (χ4v) is 3.48. The van der Waals surface area contributed by atoms with E-state index in [0.29, 0.717) is 23.2 Å². The van der Waals surface area contributed by atoms with E-state index in [-0.39, 0.29) is 11.4 Å². The predicted molar refractivity (Wildman–Crippen MR) is 94.8 cm³/mol. The van der Waals surface area contributed by atoms with Crippen molar-refractivity contribution >= 4 is 21.6 Å². The smallest absolute Gasteiger partial charge is 0.240 e. The minimum absolute atomic E-state index is 0.124. The lowest BCUT2D eigenvalue weighted by molar-refractivity contribution is 0.379. The lowest BCUT2D eigenvalue weighted by Crippen LogP contribution is -2.26. The van der Waals surface area contributed by atoms with E-state index in [4.69, 9.17) is 16.1 Å². The fourth-order valence-electron chi connectivity index (χ4n) is 2.18. The van der Waals surface area contributed by atoms with Crippen molar-refractivity contribution in [3.8, 4) is 11.4 Å². The van der Waals surface area contributed by atoms with E-state index in [0.717, 1.165) is 11.1 Å². The van der Waals surface area contributed by atoms with E-state index in [9.17, 15) is 8.42 Å². The zero-order chi connectivity index (χ0) is 17.9. The molecule has 1 aromatic heterocycles. The largest absolute Gasteiger partial charge is 0.339 e. The zero-order valence-corrected chi connectivity index (χ0v) is 15.0. The Balaban J connectivity index is 1.63. The van der Waals surface area contributed by atoms with Crippen LogP contribution in [0.2, 0.25) is 5.02 Å². The van der Waals surface area contributed by atoms with Gasteiger partial charge in [-0.25, -0.2) is 13.1 Å². The molecule has 6 nitrogen and oxygen atoms in total. The van der Waals surface area contributed by atoms with Gasteiger partial charge in [0.15, 0.2) is 0 Å². The molecule has 0 amide bonds. The second kappa shape index (κ2) is 7.35. The molecule has 3 aromatic rings. The molecule has 0 fully saturated rings. The maximum absolute atomic E-state index is 12.3. The molecule has 8 heteroatoms. The molecule has 130 valence electrons. The number of halogens is 1. The molecule has 25 heavy (non-hydrogen) atoms. The second-order valence-corrected chi connectivity index (χ2v) is 7.61. The number of rotatable bonds is 6. The van der Waals surface area contributed by atoms with Gasteiger partial charge in [-0.15, -0.1) is 0 Å². The number of hydrogen-bond donors (Lipinski definition) is 1. The monoisotopic (exact) mass is 377 g/mol. The Morgan fingerprint density at radius 2 is 1.92 bits per heavy atom. The number of nitrogens with one attached hydrogen (secondary N) is 1. The molecule has 1 N–H and O–H groups in total. The molecular weight excluding hydrogens is 362 g/mol. The average Bonchev–Trinajstić information content (AvgIpc) is 3.07. The van der Waals surface area contributed by atoms with Gasteiger partial charge in [0.2, 0.25) is 21.7 Å². The third-order valence-electron chi connectivity index (χ3n) is 3.58. The van der Waals surface area contributed by atoms with Crippen molar-refractivity contribution in [1.82, 2.24) is 14.9 Å². The van der Waals surface area contributed by atoms with Crippen molar-refractivity contribution in [3.63, 3.8) is 0 Å².